The number of nitro groups is 1. The van der Waals surface area contributed by atoms with E-state index in [1.165, 1.54) is 12.1 Å². The number of rotatable bonds is 4. The van der Waals surface area contributed by atoms with Gasteiger partial charge in [0.05, 0.1) is 11.0 Å². The van der Waals surface area contributed by atoms with Crippen molar-refractivity contribution >= 4 is 21.4 Å². The normalized spacial score (nSPS) is 13.2. The van der Waals surface area contributed by atoms with Crippen LogP contribution in [-0.4, -0.2) is 19.9 Å². The van der Waals surface area contributed by atoms with Crippen LogP contribution in [0.1, 0.15) is 0 Å². The topological polar surface area (TPSA) is 102 Å². The van der Waals surface area contributed by atoms with Crippen molar-refractivity contribution in [3.8, 4) is 11.5 Å². The Morgan fingerprint density at radius 2 is 1.90 bits per heavy atom. The SMILES string of the molecule is CS(=O)(O)=Nc1ccc([N+](=O)[O-])cc1Oc1ccccc1. The van der Waals surface area contributed by atoms with Crippen molar-refractivity contribution < 1.29 is 18.4 Å². The maximum atomic E-state index is 11.4. The van der Waals surface area contributed by atoms with E-state index in [0.717, 1.165) is 12.3 Å². The van der Waals surface area contributed by atoms with Crippen LogP contribution >= 0.6 is 0 Å². The van der Waals surface area contributed by atoms with Crippen molar-refractivity contribution in [2.75, 3.05) is 6.26 Å². The van der Waals surface area contributed by atoms with Crippen LogP contribution in [0.4, 0.5) is 11.4 Å². The second-order valence-electron chi connectivity index (χ2n) is 4.18. The third kappa shape index (κ3) is 4.26. The zero-order chi connectivity index (χ0) is 15.5. The molecule has 2 rings (SSSR count). The zero-order valence-corrected chi connectivity index (χ0v) is 11.8. The summed E-state index contributed by atoms with van der Waals surface area (Å²) in [5.74, 6) is 0.481. The van der Waals surface area contributed by atoms with Gasteiger partial charge in [0.15, 0.2) is 15.8 Å². The highest BCUT2D eigenvalue weighted by Crippen LogP contribution is 2.35. The van der Waals surface area contributed by atoms with Crippen LogP contribution in [0.3, 0.4) is 0 Å². The van der Waals surface area contributed by atoms with Gasteiger partial charge in [0, 0.05) is 12.3 Å². The smallest absolute Gasteiger partial charge is 0.273 e. The highest BCUT2D eigenvalue weighted by Gasteiger charge is 2.13. The van der Waals surface area contributed by atoms with Crippen molar-refractivity contribution in [2.24, 2.45) is 4.36 Å². The van der Waals surface area contributed by atoms with Gasteiger partial charge in [-0.25, -0.2) is 4.21 Å². The number of para-hydroxylation sites is 1. The number of nitro benzene ring substituents is 1. The summed E-state index contributed by atoms with van der Waals surface area (Å²) >= 11 is 0. The van der Waals surface area contributed by atoms with Crippen LogP contribution in [0, 0.1) is 10.1 Å². The van der Waals surface area contributed by atoms with Crippen LogP contribution in [0.25, 0.3) is 0 Å². The molecule has 0 bridgehead atoms. The molecular weight excluding hydrogens is 296 g/mol. The van der Waals surface area contributed by atoms with E-state index in [0.29, 0.717) is 5.75 Å². The first-order valence-corrected chi connectivity index (χ1v) is 7.69. The highest BCUT2D eigenvalue weighted by molar-refractivity contribution is 7.87. The van der Waals surface area contributed by atoms with E-state index < -0.39 is 14.9 Å². The lowest BCUT2D eigenvalue weighted by Gasteiger charge is -2.08. The molecule has 0 aliphatic rings. The minimum Gasteiger partial charge on any atom is -0.455 e. The summed E-state index contributed by atoms with van der Waals surface area (Å²) in [4.78, 5) is 10.2. The predicted molar refractivity (Wildman–Crippen MR) is 78.4 cm³/mol. The van der Waals surface area contributed by atoms with Crippen LogP contribution in [-0.2, 0) is 10.0 Å². The molecule has 0 spiro atoms. The van der Waals surface area contributed by atoms with E-state index in [-0.39, 0.29) is 17.1 Å². The van der Waals surface area contributed by atoms with Gasteiger partial charge < -0.3 is 9.29 Å². The Kier molecular flexibility index (Phi) is 4.20. The van der Waals surface area contributed by atoms with Gasteiger partial charge in [0.25, 0.3) is 5.69 Å². The molecule has 8 heteroatoms. The molecule has 1 N–H and O–H groups in total. The molecule has 0 radical (unpaired) electrons. The molecule has 0 saturated carbocycles. The first-order valence-electron chi connectivity index (χ1n) is 5.81. The Morgan fingerprint density at radius 1 is 1.24 bits per heavy atom. The minimum atomic E-state index is -3.40. The molecule has 1 unspecified atom stereocenters. The molecule has 2 aromatic rings. The Labute approximate surface area is 121 Å². The van der Waals surface area contributed by atoms with Crippen LogP contribution in [0.5, 0.6) is 11.5 Å². The summed E-state index contributed by atoms with van der Waals surface area (Å²) in [6.07, 6.45) is 1.04. The molecule has 7 nitrogen and oxygen atoms in total. The molecule has 0 aliphatic carbocycles. The summed E-state index contributed by atoms with van der Waals surface area (Å²) < 4.78 is 29.8. The lowest BCUT2D eigenvalue weighted by molar-refractivity contribution is -0.384. The monoisotopic (exact) mass is 308 g/mol. The van der Waals surface area contributed by atoms with Gasteiger partial charge >= 0.3 is 0 Å². The summed E-state index contributed by atoms with van der Waals surface area (Å²) in [5, 5.41) is 10.8. The molecule has 0 saturated heterocycles. The lowest BCUT2D eigenvalue weighted by Crippen LogP contribution is -1.93. The third-order valence-corrected chi connectivity index (χ3v) is 2.93. The maximum absolute atomic E-state index is 11.4. The van der Waals surface area contributed by atoms with Gasteiger partial charge in [-0.2, -0.15) is 4.36 Å². The van der Waals surface area contributed by atoms with Crippen molar-refractivity contribution in [1.29, 1.82) is 0 Å². The van der Waals surface area contributed by atoms with Crippen LogP contribution in [0.2, 0.25) is 0 Å². The van der Waals surface area contributed by atoms with E-state index in [1.54, 1.807) is 30.3 Å². The molecule has 110 valence electrons. The van der Waals surface area contributed by atoms with Crippen molar-refractivity contribution in [2.45, 2.75) is 0 Å². The molecule has 0 fully saturated rings. The summed E-state index contributed by atoms with van der Waals surface area (Å²) in [6.45, 7) is 0. The van der Waals surface area contributed by atoms with Crippen molar-refractivity contribution in [1.82, 2.24) is 0 Å². The summed E-state index contributed by atoms with van der Waals surface area (Å²) in [7, 11) is -3.40. The Hall–Kier alpha value is -2.45. The van der Waals surface area contributed by atoms with E-state index in [9.17, 15) is 18.9 Å². The average molecular weight is 308 g/mol. The maximum Gasteiger partial charge on any atom is 0.273 e. The molecular formula is C13H12N2O5S. The molecule has 0 amide bonds. The first kappa shape index (κ1) is 14.9. The van der Waals surface area contributed by atoms with Crippen LogP contribution < -0.4 is 4.74 Å². The first-order chi connectivity index (χ1) is 9.85. The molecule has 21 heavy (non-hydrogen) atoms. The number of nitrogens with zero attached hydrogens (tertiary/aromatic N) is 2. The second-order valence-corrected chi connectivity index (χ2v) is 5.89. The number of hydrogen-bond acceptors (Lipinski definition) is 5. The third-order valence-electron chi connectivity index (χ3n) is 2.39. The standard InChI is InChI=1S/C13H12N2O5S/c1-21(18,19)14-12-8-7-10(15(16)17)9-13(12)20-11-5-3-2-4-6-11/h2-9H,1H3,(H,14,18,19). The average Bonchev–Trinajstić information content (AvgIpc) is 2.40. The number of benzene rings is 2. The quantitative estimate of drug-likeness (QED) is 0.687. The van der Waals surface area contributed by atoms with Gasteiger partial charge in [0.2, 0.25) is 0 Å². The zero-order valence-electron chi connectivity index (χ0n) is 11.0. The van der Waals surface area contributed by atoms with Gasteiger partial charge in [-0.1, -0.05) is 18.2 Å². The lowest BCUT2D eigenvalue weighted by atomic mass is 10.2. The van der Waals surface area contributed by atoms with E-state index in [2.05, 4.69) is 4.36 Å². The predicted octanol–water partition coefficient (Wildman–Crippen LogP) is 3.59. The minimum absolute atomic E-state index is 0.0408. The number of hydrogen-bond donors (Lipinski definition) is 1. The van der Waals surface area contributed by atoms with E-state index in [4.69, 9.17) is 4.74 Å². The van der Waals surface area contributed by atoms with Crippen LogP contribution in [0.15, 0.2) is 52.9 Å². The summed E-state index contributed by atoms with van der Waals surface area (Å²) in [5.41, 5.74) is -0.125. The summed E-state index contributed by atoms with van der Waals surface area (Å²) in [6, 6.07) is 12.2. The Bertz CT molecular complexity index is 774. The Balaban J connectivity index is 2.51. The van der Waals surface area contributed by atoms with Gasteiger partial charge in [-0.3, -0.25) is 10.1 Å². The highest BCUT2D eigenvalue weighted by atomic mass is 32.2. The fourth-order valence-electron chi connectivity index (χ4n) is 1.57. The van der Waals surface area contributed by atoms with Crippen molar-refractivity contribution in [3.63, 3.8) is 0 Å². The van der Waals surface area contributed by atoms with E-state index >= 15 is 0 Å². The number of ether oxygens (including phenoxy) is 1. The van der Waals surface area contributed by atoms with Gasteiger partial charge in [0.1, 0.15) is 11.4 Å². The molecule has 0 heterocycles. The fourth-order valence-corrected chi connectivity index (χ4v) is 2.09. The van der Waals surface area contributed by atoms with E-state index in [1.807, 2.05) is 0 Å². The molecule has 1 atom stereocenters. The molecule has 0 aromatic heterocycles. The largest absolute Gasteiger partial charge is 0.455 e. The molecule has 2 aromatic carbocycles. The molecule has 0 aliphatic heterocycles. The van der Waals surface area contributed by atoms with Gasteiger partial charge in [-0.15, -0.1) is 0 Å². The fraction of sp³-hybridized carbons (Fsp3) is 0.0769. The Morgan fingerprint density at radius 3 is 2.48 bits per heavy atom. The number of non-ortho nitro benzene ring substituents is 1. The second kappa shape index (κ2) is 5.90. The van der Waals surface area contributed by atoms with Crippen molar-refractivity contribution in [3.05, 3.63) is 58.6 Å². The van der Waals surface area contributed by atoms with Gasteiger partial charge in [-0.05, 0) is 18.2 Å².